The van der Waals surface area contributed by atoms with Gasteiger partial charge in [-0.05, 0) is 13.3 Å². The van der Waals surface area contributed by atoms with Gasteiger partial charge < -0.3 is 10.5 Å². The van der Waals surface area contributed by atoms with E-state index in [4.69, 9.17) is 10.5 Å². The van der Waals surface area contributed by atoms with Gasteiger partial charge in [0.05, 0.1) is 0 Å². The summed E-state index contributed by atoms with van der Waals surface area (Å²) in [6.07, 6.45) is -4.29. The number of rotatable bonds is 4. The van der Waals surface area contributed by atoms with Gasteiger partial charge in [-0.2, -0.15) is 13.2 Å². The lowest BCUT2D eigenvalue weighted by atomic mass is 10.0. The monoisotopic (exact) mass is 226 g/mol. The first-order valence-electron chi connectivity index (χ1n) is 5.08. The van der Waals surface area contributed by atoms with Crippen LogP contribution in [0.4, 0.5) is 13.2 Å². The van der Waals surface area contributed by atoms with Crippen molar-refractivity contribution in [3.8, 4) is 0 Å². The van der Waals surface area contributed by atoms with Crippen LogP contribution in [0.5, 0.6) is 0 Å². The van der Waals surface area contributed by atoms with Gasteiger partial charge in [0.1, 0.15) is 0 Å². The summed E-state index contributed by atoms with van der Waals surface area (Å²) >= 11 is 0. The predicted octanol–water partition coefficient (Wildman–Crippen LogP) is 0.988. The molecule has 0 aromatic rings. The summed E-state index contributed by atoms with van der Waals surface area (Å²) in [5, 5.41) is 0. The van der Waals surface area contributed by atoms with Crippen LogP contribution in [0.15, 0.2) is 0 Å². The van der Waals surface area contributed by atoms with Crippen molar-refractivity contribution in [3.63, 3.8) is 0 Å². The lowest BCUT2D eigenvalue weighted by Crippen LogP contribution is -2.50. The molecular formula is C9H17F3N2O. The van der Waals surface area contributed by atoms with E-state index >= 15 is 0 Å². The second kappa shape index (κ2) is 4.67. The van der Waals surface area contributed by atoms with Crippen LogP contribution in [-0.2, 0) is 4.74 Å². The molecule has 1 fully saturated rings. The van der Waals surface area contributed by atoms with E-state index in [9.17, 15) is 13.2 Å². The third-order valence-corrected chi connectivity index (χ3v) is 2.69. The Hall–Kier alpha value is -0.330. The van der Waals surface area contributed by atoms with Crippen LogP contribution in [0, 0.1) is 0 Å². The first-order chi connectivity index (χ1) is 6.95. The zero-order valence-corrected chi connectivity index (χ0v) is 8.81. The summed E-state index contributed by atoms with van der Waals surface area (Å²) in [5.41, 5.74) is 3.34. The van der Waals surface area contributed by atoms with E-state index in [0.717, 1.165) is 0 Å². The van der Waals surface area contributed by atoms with Crippen molar-refractivity contribution in [1.82, 2.24) is 4.90 Å². The van der Waals surface area contributed by atoms with Gasteiger partial charge in [-0.1, -0.05) is 0 Å². The topological polar surface area (TPSA) is 38.5 Å². The van der Waals surface area contributed by atoms with Crippen LogP contribution in [0.25, 0.3) is 0 Å². The highest BCUT2D eigenvalue weighted by Crippen LogP contribution is 2.40. The van der Waals surface area contributed by atoms with Gasteiger partial charge in [0, 0.05) is 32.8 Å². The largest absolute Gasteiger partial charge is 0.418 e. The predicted molar refractivity (Wildman–Crippen MR) is 50.5 cm³/mol. The van der Waals surface area contributed by atoms with Crippen molar-refractivity contribution >= 4 is 0 Å². The number of alkyl halides is 3. The molecule has 1 aliphatic rings. The SMILES string of the molecule is CCO[C@]1(C(F)(F)F)CCN(CCN)C1. The molecule has 0 bridgehead atoms. The number of hydrogen-bond donors (Lipinski definition) is 1. The summed E-state index contributed by atoms with van der Waals surface area (Å²) in [6, 6.07) is 0. The zero-order chi connectivity index (χ0) is 11.5. The second-order valence-electron chi connectivity index (χ2n) is 3.74. The molecule has 0 amide bonds. The Kier molecular flexibility index (Phi) is 3.97. The third kappa shape index (κ3) is 2.62. The standard InChI is InChI=1S/C9H17F3N2O/c1-2-15-8(9(10,11)12)3-5-14(7-8)6-4-13/h2-7,13H2,1H3/t8-/m1/s1. The third-order valence-electron chi connectivity index (χ3n) is 2.69. The van der Waals surface area contributed by atoms with Crippen LogP contribution in [-0.4, -0.2) is 49.5 Å². The molecule has 0 radical (unpaired) electrons. The van der Waals surface area contributed by atoms with E-state index in [-0.39, 0.29) is 19.6 Å². The molecular weight excluding hydrogens is 209 g/mol. The molecule has 90 valence electrons. The highest BCUT2D eigenvalue weighted by Gasteiger charge is 2.58. The number of hydrogen-bond acceptors (Lipinski definition) is 3. The lowest BCUT2D eigenvalue weighted by molar-refractivity contribution is -0.270. The smallest absolute Gasteiger partial charge is 0.364 e. The first-order valence-corrected chi connectivity index (χ1v) is 5.08. The number of likely N-dealkylation sites (tertiary alicyclic amines) is 1. The Morgan fingerprint density at radius 1 is 1.47 bits per heavy atom. The van der Waals surface area contributed by atoms with Crippen molar-refractivity contribution in [2.24, 2.45) is 5.73 Å². The number of nitrogens with two attached hydrogens (primary N) is 1. The van der Waals surface area contributed by atoms with Crippen LogP contribution in [0.3, 0.4) is 0 Å². The Labute approximate surface area is 87.4 Å². The normalized spacial score (nSPS) is 28.6. The molecule has 0 saturated carbocycles. The van der Waals surface area contributed by atoms with E-state index in [1.807, 2.05) is 0 Å². The Morgan fingerprint density at radius 2 is 2.13 bits per heavy atom. The minimum Gasteiger partial charge on any atom is -0.364 e. The van der Waals surface area contributed by atoms with Gasteiger partial charge in [-0.3, -0.25) is 4.90 Å². The minimum atomic E-state index is -4.30. The fourth-order valence-electron chi connectivity index (χ4n) is 1.94. The van der Waals surface area contributed by atoms with Crippen molar-refractivity contribution < 1.29 is 17.9 Å². The Bertz CT molecular complexity index is 210. The Balaban J connectivity index is 2.69. The molecule has 0 aromatic heterocycles. The molecule has 0 aromatic carbocycles. The average molecular weight is 226 g/mol. The van der Waals surface area contributed by atoms with Gasteiger partial charge >= 0.3 is 6.18 Å². The zero-order valence-electron chi connectivity index (χ0n) is 8.81. The first kappa shape index (κ1) is 12.7. The van der Waals surface area contributed by atoms with E-state index < -0.39 is 11.8 Å². The molecule has 2 N–H and O–H groups in total. The minimum absolute atomic E-state index is 0.00431. The summed E-state index contributed by atoms with van der Waals surface area (Å²) in [4.78, 5) is 1.70. The van der Waals surface area contributed by atoms with Crippen LogP contribution < -0.4 is 5.73 Å². The maximum absolute atomic E-state index is 12.8. The van der Waals surface area contributed by atoms with Crippen molar-refractivity contribution in [1.29, 1.82) is 0 Å². The van der Waals surface area contributed by atoms with Gasteiger partial charge in [-0.15, -0.1) is 0 Å². The van der Waals surface area contributed by atoms with Crippen LogP contribution >= 0.6 is 0 Å². The highest BCUT2D eigenvalue weighted by atomic mass is 19.4. The van der Waals surface area contributed by atoms with E-state index in [2.05, 4.69) is 0 Å². The molecule has 0 spiro atoms. The average Bonchev–Trinajstić information content (AvgIpc) is 2.50. The number of nitrogens with zero attached hydrogens (tertiary/aromatic N) is 1. The molecule has 1 rings (SSSR count). The highest BCUT2D eigenvalue weighted by molar-refractivity contribution is 4.97. The molecule has 1 heterocycles. The summed E-state index contributed by atoms with van der Waals surface area (Å²) < 4.78 is 43.4. The van der Waals surface area contributed by atoms with E-state index in [0.29, 0.717) is 19.6 Å². The van der Waals surface area contributed by atoms with Crippen molar-refractivity contribution in [2.45, 2.75) is 25.1 Å². The van der Waals surface area contributed by atoms with Crippen molar-refractivity contribution in [3.05, 3.63) is 0 Å². The molecule has 3 nitrogen and oxygen atoms in total. The maximum Gasteiger partial charge on any atom is 0.418 e. The fraction of sp³-hybridized carbons (Fsp3) is 1.00. The summed E-state index contributed by atoms with van der Waals surface area (Å²) in [7, 11) is 0. The van der Waals surface area contributed by atoms with E-state index in [1.165, 1.54) is 0 Å². The molecule has 0 unspecified atom stereocenters. The summed E-state index contributed by atoms with van der Waals surface area (Å²) in [5.74, 6) is 0. The second-order valence-corrected chi connectivity index (χ2v) is 3.74. The number of ether oxygens (including phenoxy) is 1. The Morgan fingerprint density at radius 3 is 2.60 bits per heavy atom. The molecule has 6 heteroatoms. The number of halogens is 3. The quantitative estimate of drug-likeness (QED) is 0.777. The van der Waals surface area contributed by atoms with Gasteiger partial charge in [0.2, 0.25) is 0 Å². The van der Waals surface area contributed by atoms with Gasteiger partial charge in [0.25, 0.3) is 0 Å². The molecule has 1 atom stereocenters. The van der Waals surface area contributed by atoms with Gasteiger partial charge in [0.15, 0.2) is 5.60 Å². The van der Waals surface area contributed by atoms with Crippen LogP contribution in [0.1, 0.15) is 13.3 Å². The van der Waals surface area contributed by atoms with E-state index in [1.54, 1.807) is 11.8 Å². The summed E-state index contributed by atoms with van der Waals surface area (Å²) in [6.45, 7) is 2.83. The van der Waals surface area contributed by atoms with Crippen molar-refractivity contribution in [2.75, 3.05) is 32.8 Å². The fourth-order valence-corrected chi connectivity index (χ4v) is 1.94. The molecule has 1 saturated heterocycles. The lowest BCUT2D eigenvalue weighted by Gasteiger charge is -2.31. The molecule has 0 aliphatic carbocycles. The van der Waals surface area contributed by atoms with Gasteiger partial charge in [-0.25, -0.2) is 0 Å². The molecule has 1 aliphatic heterocycles. The molecule has 15 heavy (non-hydrogen) atoms. The maximum atomic E-state index is 12.8. The van der Waals surface area contributed by atoms with Crippen LogP contribution in [0.2, 0.25) is 0 Å².